The van der Waals surface area contributed by atoms with Gasteiger partial charge in [-0.2, -0.15) is 5.10 Å². The summed E-state index contributed by atoms with van der Waals surface area (Å²) in [5, 5.41) is 15.4. The fourth-order valence-electron chi connectivity index (χ4n) is 1.82. The van der Waals surface area contributed by atoms with E-state index in [1.54, 1.807) is 10.9 Å². The summed E-state index contributed by atoms with van der Waals surface area (Å²) in [4.78, 5) is 0. The van der Waals surface area contributed by atoms with E-state index in [1.165, 1.54) is 0 Å². The maximum Gasteiger partial charge on any atom is 0.102 e. The Hall–Kier alpha value is -2.63. The molecule has 6 nitrogen and oxygen atoms in total. The Morgan fingerprint density at radius 1 is 1.21 bits per heavy atom. The van der Waals surface area contributed by atoms with Crippen molar-refractivity contribution < 1.29 is 0 Å². The third-order valence-electron chi connectivity index (χ3n) is 2.76. The van der Waals surface area contributed by atoms with Gasteiger partial charge in [-0.3, -0.25) is 4.68 Å². The quantitative estimate of drug-likeness (QED) is 0.768. The van der Waals surface area contributed by atoms with Crippen LogP contribution >= 0.6 is 0 Å². The van der Waals surface area contributed by atoms with E-state index in [1.807, 2.05) is 54.5 Å². The summed E-state index contributed by atoms with van der Waals surface area (Å²) in [6.45, 7) is 0.662. The molecule has 19 heavy (non-hydrogen) atoms. The molecule has 0 aliphatic heterocycles. The zero-order chi connectivity index (χ0) is 13.1. The summed E-state index contributed by atoms with van der Waals surface area (Å²) in [5.74, 6) is 0. The minimum atomic E-state index is 0.662. The zero-order valence-electron chi connectivity index (χ0n) is 10.6. The molecule has 0 radical (unpaired) electrons. The van der Waals surface area contributed by atoms with Gasteiger partial charge in [-0.25, -0.2) is 4.68 Å². The average Bonchev–Trinajstić information content (AvgIpc) is 3.08. The molecule has 0 amide bonds. The lowest BCUT2D eigenvalue weighted by Gasteiger charge is -2.06. The number of benzene rings is 1. The van der Waals surface area contributed by atoms with Gasteiger partial charge in [0, 0.05) is 31.3 Å². The minimum absolute atomic E-state index is 0.662. The van der Waals surface area contributed by atoms with Crippen LogP contribution in [0.4, 0.5) is 5.69 Å². The van der Waals surface area contributed by atoms with E-state index in [9.17, 15) is 0 Å². The lowest BCUT2D eigenvalue weighted by atomic mass is 10.3. The molecule has 2 heterocycles. The van der Waals surface area contributed by atoms with Crippen molar-refractivity contribution in [2.24, 2.45) is 7.05 Å². The maximum absolute atomic E-state index is 4.19. The molecule has 1 aromatic carbocycles. The van der Waals surface area contributed by atoms with E-state index in [-0.39, 0.29) is 0 Å². The van der Waals surface area contributed by atoms with Gasteiger partial charge in [-0.05, 0) is 30.3 Å². The minimum Gasteiger partial charge on any atom is -0.379 e. The van der Waals surface area contributed by atoms with Gasteiger partial charge in [-0.15, -0.1) is 5.10 Å². The molecule has 2 aromatic heterocycles. The van der Waals surface area contributed by atoms with Crippen molar-refractivity contribution in [3.63, 3.8) is 0 Å². The Balaban J connectivity index is 1.66. The number of hydrogen-bond donors (Lipinski definition) is 1. The van der Waals surface area contributed by atoms with Crippen molar-refractivity contribution >= 4 is 5.69 Å². The first-order valence-corrected chi connectivity index (χ1v) is 6.00. The molecule has 1 N–H and O–H groups in total. The SMILES string of the molecule is Cn1cc(CNc2ccc(-n3cccn3)cc2)nn1. The first-order chi connectivity index (χ1) is 9.31. The molecule has 0 spiro atoms. The van der Waals surface area contributed by atoms with Crippen LogP contribution in [0.3, 0.4) is 0 Å². The van der Waals surface area contributed by atoms with Crippen molar-refractivity contribution in [2.45, 2.75) is 6.54 Å². The Bertz CT molecular complexity index is 638. The summed E-state index contributed by atoms with van der Waals surface area (Å²) in [6.07, 6.45) is 5.58. The van der Waals surface area contributed by atoms with Gasteiger partial charge in [0.25, 0.3) is 0 Å². The zero-order valence-corrected chi connectivity index (χ0v) is 10.6. The third-order valence-corrected chi connectivity index (χ3v) is 2.76. The van der Waals surface area contributed by atoms with E-state index in [4.69, 9.17) is 0 Å². The predicted octanol–water partition coefficient (Wildman–Crippen LogP) is 1.61. The lowest BCUT2D eigenvalue weighted by molar-refractivity contribution is 0.713. The topological polar surface area (TPSA) is 60.6 Å². The first-order valence-electron chi connectivity index (χ1n) is 6.00. The van der Waals surface area contributed by atoms with E-state index < -0.39 is 0 Å². The number of rotatable bonds is 4. The van der Waals surface area contributed by atoms with Crippen LogP contribution in [0.25, 0.3) is 5.69 Å². The second kappa shape index (κ2) is 4.93. The largest absolute Gasteiger partial charge is 0.379 e. The van der Waals surface area contributed by atoms with Gasteiger partial charge >= 0.3 is 0 Å². The highest BCUT2D eigenvalue weighted by molar-refractivity contribution is 5.48. The van der Waals surface area contributed by atoms with Crippen molar-refractivity contribution in [1.29, 1.82) is 0 Å². The molecule has 96 valence electrons. The van der Waals surface area contributed by atoms with Crippen molar-refractivity contribution in [2.75, 3.05) is 5.32 Å². The fraction of sp³-hybridized carbons (Fsp3) is 0.154. The van der Waals surface area contributed by atoms with Crippen LogP contribution < -0.4 is 5.32 Å². The molecule has 0 saturated carbocycles. The summed E-state index contributed by atoms with van der Waals surface area (Å²) >= 11 is 0. The molecule has 3 aromatic rings. The van der Waals surface area contributed by atoms with Gasteiger partial charge in [0.15, 0.2) is 0 Å². The van der Waals surface area contributed by atoms with Crippen LogP contribution in [0, 0.1) is 0 Å². The van der Waals surface area contributed by atoms with Gasteiger partial charge in [0.2, 0.25) is 0 Å². The third kappa shape index (κ3) is 2.62. The van der Waals surface area contributed by atoms with Crippen LogP contribution in [-0.2, 0) is 13.6 Å². The molecule has 0 bridgehead atoms. The number of nitrogens with one attached hydrogen (secondary N) is 1. The highest BCUT2D eigenvalue weighted by Crippen LogP contribution is 2.13. The summed E-state index contributed by atoms with van der Waals surface area (Å²) in [7, 11) is 1.86. The molecular formula is C13H14N6. The average molecular weight is 254 g/mol. The lowest BCUT2D eigenvalue weighted by Crippen LogP contribution is -2.00. The molecule has 0 saturated heterocycles. The second-order valence-electron chi connectivity index (χ2n) is 4.23. The van der Waals surface area contributed by atoms with Crippen molar-refractivity contribution in [1.82, 2.24) is 24.8 Å². The number of nitrogens with zero attached hydrogens (tertiary/aromatic N) is 5. The molecule has 6 heteroatoms. The molecular weight excluding hydrogens is 240 g/mol. The Kier molecular flexibility index (Phi) is 2.97. The van der Waals surface area contributed by atoms with Crippen LogP contribution in [0.5, 0.6) is 0 Å². The van der Waals surface area contributed by atoms with E-state index in [2.05, 4.69) is 20.7 Å². The van der Waals surface area contributed by atoms with Crippen LogP contribution in [0.2, 0.25) is 0 Å². The van der Waals surface area contributed by atoms with Crippen LogP contribution in [0.15, 0.2) is 48.9 Å². The first kappa shape index (κ1) is 11.5. The van der Waals surface area contributed by atoms with Crippen molar-refractivity contribution in [3.05, 3.63) is 54.6 Å². The van der Waals surface area contributed by atoms with Gasteiger partial charge in [-0.1, -0.05) is 5.21 Å². The molecule has 0 aliphatic carbocycles. The number of aromatic nitrogens is 5. The Labute approximate surface area is 110 Å². The molecule has 0 unspecified atom stereocenters. The van der Waals surface area contributed by atoms with Gasteiger partial charge in [0.1, 0.15) is 5.69 Å². The van der Waals surface area contributed by atoms with Crippen LogP contribution in [0.1, 0.15) is 5.69 Å². The Morgan fingerprint density at radius 3 is 2.68 bits per heavy atom. The fourth-order valence-corrected chi connectivity index (χ4v) is 1.82. The molecule has 0 atom stereocenters. The normalized spacial score (nSPS) is 10.6. The standard InChI is InChI=1S/C13H14N6/c1-18-10-12(16-17-18)9-14-11-3-5-13(6-4-11)19-8-2-7-15-19/h2-8,10,14H,9H2,1H3. The monoisotopic (exact) mass is 254 g/mol. The number of anilines is 1. The highest BCUT2D eigenvalue weighted by atomic mass is 15.4. The Morgan fingerprint density at radius 2 is 2.05 bits per heavy atom. The van der Waals surface area contributed by atoms with Crippen LogP contribution in [-0.4, -0.2) is 24.8 Å². The second-order valence-corrected chi connectivity index (χ2v) is 4.23. The van der Waals surface area contributed by atoms with E-state index in [0.717, 1.165) is 17.1 Å². The smallest absolute Gasteiger partial charge is 0.102 e. The summed E-state index contributed by atoms with van der Waals surface area (Å²) < 4.78 is 3.52. The van der Waals surface area contributed by atoms with Gasteiger partial charge in [0.05, 0.1) is 12.2 Å². The molecule has 0 aliphatic rings. The number of hydrogen-bond acceptors (Lipinski definition) is 4. The summed E-state index contributed by atoms with van der Waals surface area (Å²) in [5.41, 5.74) is 3.00. The van der Waals surface area contributed by atoms with E-state index in [0.29, 0.717) is 6.54 Å². The highest BCUT2D eigenvalue weighted by Gasteiger charge is 1.99. The van der Waals surface area contributed by atoms with Gasteiger partial charge < -0.3 is 5.32 Å². The predicted molar refractivity (Wildman–Crippen MR) is 71.9 cm³/mol. The van der Waals surface area contributed by atoms with Crippen molar-refractivity contribution in [3.8, 4) is 5.69 Å². The summed E-state index contributed by atoms with van der Waals surface area (Å²) in [6, 6.07) is 9.99. The van der Waals surface area contributed by atoms with E-state index >= 15 is 0 Å². The maximum atomic E-state index is 4.19. The number of aryl methyl sites for hydroxylation is 1. The molecule has 0 fully saturated rings. The molecule has 3 rings (SSSR count).